The van der Waals surface area contributed by atoms with E-state index in [1.54, 1.807) is 0 Å². The standard InChI is InChI=1S/C16H18O/c1-2-6-13(7-3-1)12-14-10-11-17-16-9-5-4-8-15(14)16/h1-3,6-8,12,16H,4-5,9-11H2/b14-12+. The molecule has 1 nitrogen and oxygen atoms in total. The van der Waals surface area contributed by atoms with Crippen LogP contribution in [0.2, 0.25) is 0 Å². The normalized spacial score (nSPS) is 26.5. The van der Waals surface area contributed by atoms with Gasteiger partial charge in [0.1, 0.15) is 0 Å². The molecule has 1 unspecified atom stereocenters. The van der Waals surface area contributed by atoms with E-state index in [9.17, 15) is 0 Å². The van der Waals surface area contributed by atoms with E-state index in [0.29, 0.717) is 6.10 Å². The lowest BCUT2D eigenvalue weighted by Crippen LogP contribution is -2.25. The van der Waals surface area contributed by atoms with Crippen molar-refractivity contribution in [2.75, 3.05) is 6.61 Å². The first kappa shape index (κ1) is 10.8. The van der Waals surface area contributed by atoms with E-state index in [0.717, 1.165) is 13.0 Å². The minimum absolute atomic E-state index is 0.368. The van der Waals surface area contributed by atoms with E-state index in [2.05, 4.69) is 42.5 Å². The SMILES string of the molecule is C1=C2/C(=C/c3ccccc3)CCOC2CCC1. The van der Waals surface area contributed by atoms with Crippen LogP contribution >= 0.6 is 0 Å². The second kappa shape index (κ2) is 4.89. The molecular weight excluding hydrogens is 208 g/mol. The van der Waals surface area contributed by atoms with Crippen LogP contribution in [0, 0.1) is 0 Å². The molecule has 17 heavy (non-hydrogen) atoms. The van der Waals surface area contributed by atoms with Gasteiger partial charge in [-0.2, -0.15) is 0 Å². The molecule has 0 spiro atoms. The summed E-state index contributed by atoms with van der Waals surface area (Å²) in [6, 6.07) is 10.6. The van der Waals surface area contributed by atoms with Crippen LogP contribution in [0.5, 0.6) is 0 Å². The first-order valence-corrected chi connectivity index (χ1v) is 6.51. The average molecular weight is 226 g/mol. The summed E-state index contributed by atoms with van der Waals surface area (Å²) < 4.78 is 5.84. The Bertz CT molecular complexity index is 442. The van der Waals surface area contributed by atoms with Crippen LogP contribution in [0.3, 0.4) is 0 Å². The number of benzene rings is 1. The first-order chi connectivity index (χ1) is 8.43. The highest BCUT2D eigenvalue weighted by Crippen LogP contribution is 2.33. The van der Waals surface area contributed by atoms with Gasteiger partial charge in [0.05, 0.1) is 12.7 Å². The second-order valence-corrected chi connectivity index (χ2v) is 4.78. The molecule has 0 bridgehead atoms. The van der Waals surface area contributed by atoms with Crippen LogP contribution in [0.1, 0.15) is 31.2 Å². The van der Waals surface area contributed by atoms with Gasteiger partial charge in [0.15, 0.2) is 0 Å². The maximum Gasteiger partial charge on any atom is 0.0824 e. The van der Waals surface area contributed by atoms with E-state index in [4.69, 9.17) is 4.74 Å². The zero-order chi connectivity index (χ0) is 11.5. The monoisotopic (exact) mass is 226 g/mol. The van der Waals surface area contributed by atoms with Crippen LogP contribution in [0.25, 0.3) is 6.08 Å². The third kappa shape index (κ3) is 2.34. The second-order valence-electron chi connectivity index (χ2n) is 4.78. The van der Waals surface area contributed by atoms with Crippen molar-refractivity contribution in [1.29, 1.82) is 0 Å². The predicted octanol–water partition coefficient (Wildman–Crippen LogP) is 3.97. The summed E-state index contributed by atoms with van der Waals surface area (Å²) in [6.07, 6.45) is 9.80. The van der Waals surface area contributed by atoms with Gasteiger partial charge in [0, 0.05) is 0 Å². The minimum Gasteiger partial charge on any atom is -0.373 e. The van der Waals surface area contributed by atoms with Gasteiger partial charge in [0.2, 0.25) is 0 Å². The quantitative estimate of drug-likeness (QED) is 0.704. The van der Waals surface area contributed by atoms with Gasteiger partial charge in [-0.3, -0.25) is 0 Å². The maximum atomic E-state index is 5.84. The number of ether oxygens (including phenoxy) is 1. The lowest BCUT2D eigenvalue weighted by atomic mass is 9.86. The van der Waals surface area contributed by atoms with Gasteiger partial charge in [-0.05, 0) is 42.4 Å². The fourth-order valence-electron chi connectivity index (χ4n) is 2.72. The molecule has 0 N–H and O–H groups in total. The summed E-state index contributed by atoms with van der Waals surface area (Å²) >= 11 is 0. The van der Waals surface area contributed by atoms with E-state index in [-0.39, 0.29) is 0 Å². The summed E-state index contributed by atoms with van der Waals surface area (Å²) in [4.78, 5) is 0. The lowest BCUT2D eigenvalue weighted by molar-refractivity contribution is 0.0570. The molecule has 1 heterocycles. The molecule has 0 amide bonds. The van der Waals surface area contributed by atoms with Gasteiger partial charge >= 0.3 is 0 Å². The largest absolute Gasteiger partial charge is 0.373 e. The Balaban J connectivity index is 1.91. The Morgan fingerprint density at radius 3 is 2.94 bits per heavy atom. The van der Waals surface area contributed by atoms with Crippen molar-refractivity contribution in [1.82, 2.24) is 0 Å². The van der Waals surface area contributed by atoms with Crippen molar-refractivity contribution >= 4 is 6.08 Å². The van der Waals surface area contributed by atoms with Crippen molar-refractivity contribution < 1.29 is 4.74 Å². The Kier molecular flexibility index (Phi) is 3.10. The zero-order valence-electron chi connectivity index (χ0n) is 10.1. The molecular formula is C16H18O. The maximum absolute atomic E-state index is 5.84. The van der Waals surface area contributed by atoms with Crippen LogP contribution in [-0.4, -0.2) is 12.7 Å². The lowest BCUT2D eigenvalue weighted by Gasteiger charge is -2.31. The molecule has 1 atom stereocenters. The molecule has 0 saturated carbocycles. The van der Waals surface area contributed by atoms with Crippen molar-refractivity contribution in [2.45, 2.75) is 31.8 Å². The Labute approximate surface area is 103 Å². The van der Waals surface area contributed by atoms with Crippen molar-refractivity contribution in [3.63, 3.8) is 0 Å². The number of fused-ring (bicyclic) bond motifs is 1. The summed E-state index contributed by atoms with van der Waals surface area (Å²) in [5.41, 5.74) is 4.23. The highest BCUT2D eigenvalue weighted by Gasteiger charge is 2.25. The highest BCUT2D eigenvalue weighted by atomic mass is 16.5. The van der Waals surface area contributed by atoms with Crippen molar-refractivity contribution in [2.24, 2.45) is 0 Å². The van der Waals surface area contributed by atoms with Crippen LogP contribution in [0.15, 0.2) is 47.6 Å². The van der Waals surface area contributed by atoms with E-state index < -0.39 is 0 Å². The van der Waals surface area contributed by atoms with E-state index >= 15 is 0 Å². The predicted molar refractivity (Wildman–Crippen MR) is 70.7 cm³/mol. The molecule has 1 saturated heterocycles. The van der Waals surface area contributed by atoms with Crippen molar-refractivity contribution in [3.05, 3.63) is 53.1 Å². The smallest absolute Gasteiger partial charge is 0.0824 e. The van der Waals surface area contributed by atoms with Gasteiger partial charge in [0.25, 0.3) is 0 Å². The Morgan fingerprint density at radius 1 is 1.18 bits per heavy atom. The first-order valence-electron chi connectivity index (χ1n) is 6.51. The third-order valence-corrected chi connectivity index (χ3v) is 3.58. The van der Waals surface area contributed by atoms with Crippen LogP contribution < -0.4 is 0 Å². The molecule has 3 rings (SSSR count). The Morgan fingerprint density at radius 2 is 2.06 bits per heavy atom. The molecule has 1 aromatic carbocycles. The van der Waals surface area contributed by atoms with Crippen molar-refractivity contribution in [3.8, 4) is 0 Å². The molecule has 1 aromatic rings. The summed E-state index contributed by atoms with van der Waals surface area (Å²) in [5, 5.41) is 0. The summed E-state index contributed by atoms with van der Waals surface area (Å²) in [7, 11) is 0. The molecule has 0 aromatic heterocycles. The third-order valence-electron chi connectivity index (χ3n) is 3.58. The average Bonchev–Trinajstić information content (AvgIpc) is 2.40. The fourth-order valence-corrected chi connectivity index (χ4v) is 2.72. The molecule has 0 radical (unpaired) electrons. The van der Waals surface area contributed by atoms with Gasteiger partial charge in [-0.15, -0.1) is 0 Å². The number of hydrogen-bond donors (Lipinski definition) is 0. The summed E-state index contributed by atoms with van der Waals surface area (Å²) in [5.74, 6) is 0. The van der Waals surface area contributed by atoms with E-state index in [1.165, 1.54) is 36.0 Å². The van der Waals surface area contributed by atoms with E-state index in [1.807, 2.05) is 0 Å². The molecule has 1 aliphatic carbocycles. The summed E-state index contributed by atoms with van der Waals surface area (Å²) in [6.45, 7) is 0.876. The molecule has 1 fully saturated rings. The topological polar surface area (TPSA) is 9.23 Å². The van der Waals surface area contributed by atoms with Gasteiger partial charge in [-0.1, -0.05) is 42.5 Å². The molecule has 1 heteroatoms. The number of allylic oxidation sites excluding steroid dienone is 1. The molecule has 2 aliphatic rings. The van der Waals surface area contributed by atoms with Crippen LogP contribution in [-0.2, 0) is 4.74 Å². The highest BCUT2D eigenvalue weighted by molar-refractivity contribution is 5.59. The molecule has 88 valence electrons. The fraction of sp³-hybridized carbons (Fsp3) is 0.375. The number of rotatable bonds is 1. The van der Waals surface area contributed by atoms with Gasteiger partial charge in [-0.25, -0.2) is 0 Å². The minimum atomic E-state index is 0.368. The Hall–Kier alpha value is -1.34. The zero-order valence-corrected chi connectivity index (χ0v) is 10.1. The molecule has 1 aliphatic heterocycles. The van der Waals surface area contributed by atoms with Gasteiger partial charge < -0.3 is 4.74 Å². The van der Waals surface area contributed by atoms with Crippen LogP contribution in [0.4, 0.5) is 0 Å². The number of hydrogen-bond acceptors (Lipinski definition) is 1.